The second-order valence-corrected chi connectivity index (χ2v) is 7.25. The number of nitrogens with zero attached hydrogens (tertiary/aromatic N) is 3. The first-order valence-electron chi connectivity index (χ1n) is 10.0. The van der Waals surface area contributed by atoms with Crippen LogP contribution in [0.1, 0.15) is 39.3 Å². The van der Waals surface area contributed by atoms with Gasteiger partial charge in [0.2, 0.25) is 5.91 Å². The monoisotopic (exact) mass is 374 g/mol. The largest absolute Gasteiger partial charge is 0.357 e. The maximum Gasteiger partial charge on any atom is 0.222 e. The van der Waals surface area contributed by atoms with Crippen LogP contribution in [0.4, 0.5) is 5.82 Å². The van der Waals surface area contributed by atoms with Gasteiger partial charge in [0.15, 0.2) is 5.96 Å². The number of guanidine groups is 1. The van der Waals surface area contributed by atoms with Gasteiger partial charge >= 0.3 is 0 Å². The summed E-state index contributed by atoms with van der Waals surface area (Å²) in [7, 11) is 0. The van der Waals surface area contributed by atoms with Crippen molar-refractivity contribution < 1.29 is 4.79 Å². The number of hydrogen-bond donors (Lipinski definition) is 3. The number of aliphatic imine (C=N–C) groups is 1. The summed E-state index contributed by atoms with van der Waals surface area (Å²) in [5.41, 5.74) is 1.05. The molecule has 3 N–H and O–H groups in total. The van der Waals surface area contributed by atoms with E-state index in [1.807, 2.05) is 26.8 Å². The van der Waals surface area contributed by atoms with Crippen LogP contribution in [-0.2, 0) is 4.79 Å². The number of amides is 1. The first-order valence-corrected chi connectivity index (χ1v) is 10.0. The quantitative estimate of drug-likeness (QED) is 0.384. The van der Waals surface area contributed by atoms with E-state index in [1.54, 1.807) is 0 Å². The highest BCUT2D eigenvalue weighted by molar-refractivity contribution is 5.80. The minimum absolute atomic E-state index is 0.00779. The average molecular weight is 375 g/mol. The molecule has 0 unspecified atom stereocenters. The van der Waals surface area contributed by atoms with Crippen molar-refractivity contribution in [2.24, 2.45) is 10.9 Å². The third kappa shape index (κ3) is 7.07. The average Bonchev–Trinajstić information content (AvgIpc) is 2.65. The lowest BCUT2D eigenvalue weighted by atomic mass is 10.1. The molecule has 1 amide bonds. The van der Waals surface area contributed by atoms with Crippen molar-refractivity contribution in [3.63, 3.8) is 0 Å². The Morgan fingerprint density at radius 2 is 2.04 bits per heavy atom. The fourth-order valence-electron chi connectivity index (χ4n) is 3.02. The maximum absolute atomic E-state index is 11.6. The normalized spacial score (nSPS) is 15.7. The lowest BCUT2D eigenvalue weighted by Gasteiger charge is -2.34. The van der Waals surface area contributed by atoms with Gasteiger partial charge in [-0.15, -0.1) is 0 Å². The van der Waals surface area contributed by atoms with E-state index in [9.17, 15) is 4.79 Å². The van der Waals surface area contributed by atoms with Gasteiger partial charge in [0, 0.05) is 43.8 Å². The highest BCUT2D eigenvalue weighted by Crippen LogP contribution is 2.18. The summed E-state index contributed by atoms with van der Waals surface area (Å²) in [4.78, 5) is 23.1. The van der Waals surface area contributed by atoms with Crippen LogP contribution in [0.25, 0.3) is 0 Å². The zero-order valence-corrected chi connectivity index (χ0v) is 17.1. The predicted molar refractivity (Wildman–Crippen MR) is 111 cm³/mol. The number of hydrogen-bond acceptors (Lipinski definition) is 4. The van der Waals surface area contributed by atoms with Crippen molar-refractivity contribution >= 4 is 17.7 Å². The summed E-state index contributed by atoms with van der Waals surface area (Å²) in [5, 5.41) is 9.72. The van der Waals surface area contributed by atoms with Crippen molar-refractivity contribution in [3.8, 4) is 0 Å². The lowest BCUT2D eigenvalue weighted by molar-refractivity contribution is -0.123. The predicted octanol–water partition coefficient (Wildman–Crippen LogP) is 1.69. The summed E-state index contributed by atoms with van der Waals surface area (Å²) in [5.74, 6) is 1.96. The Hall–Kier alpha value is -2.31. The first-order chi connectivity index (χ1) is 13.0. The van der Waals surface area contributed by atoms with Crippen molar-refractivity contribution in [1.29, 1.82) is 0 Å². The minimum Gasteiger partial charge on any atom is -0.357 e. The highest BCUT2D eigenvalue weighted by atomic mass is 16.1. The number of anilines is 1. The molecule has 1 saturated heterocycles. The van der Waals surface area contributed by atoms with Gasteiger partial charge in [-0.2, -0.15) is 0 Å². The molecule has 2 rings (SSSR count). The van der Waals surface area contributed by atoms with E-state index in [-0.39, 0.29) is 11.8 Å². The second kappa shape index (κ2) is 10.7. The number of nitrogens with one attached hydrogen (secondary N) is 3. The standard InChI is InChI=1S/C20H34N6O/c1-5-21-20(23-12-11-22-19(27)15(2)3)25-17-9-13-26(14-10-17)18-8-6-7-16(4)24-18/h6-8,15,17H,5,9-14H2,1-4H3,(H,22,27)(H2,21,23,25). The number of pyridine rings is 1. The molecule has 0 spiro atoms. The molecule has 2 heterocycles. The summed E-state index contributed by atoms with van der Waals surface area (Å²) < 4.78 is 0. The molecule has 0 atom stereocenters. The Labute approximate surface area is 163 Å². The van der Waals surface area contributed by atoms with Crippen molar-refractivity contribution in [3.05, 3.63) is 23.9 Å². The Morgan fingerprint density at radius 1 is 1.30 bits per heavy atom. The van der Waals surface area contributed by atoms with Crippen LogP contribution in [0.2, 0.25) is 0 Å². The van der Waals surface area contributed by atoms with Gasteiger partial charge in [0.05, 0.1) is 6.54 Å². The first kappa shape index (κ1) is 21.0. The van der Waals surface area contributed by atoms with Gasteiger partial charge in [-0.05, 0) is 38.8 Å². The zero-order valence-electron chi connectivity index (χ0n) is 17.1. The van der Waals surface area contributed by atoms with E-state index in [0.29, 0.717) is 19.1 Å². The van der Waals surface area contributed by atoms with Crippen LogP contribution >= 0.6 is 0 Å². The SMILES string of the molecule is CCNC(=NCCNC(=O)C(C)C)NC1CCN(c2cccc(C)n2)CC1. The fourth-order valence-corrected chi connectivity index (χ4v) is 3.02. The molecule has 0 aliphatic carbocycles. The number of piperidine rings is 1. The summed E-state index contributed by atoms with van der Waals surface area (Å²) in [6, 6.07) is 6.57. The molecule has 0 bridgehead atoms. The summed E-state index contributed by atoms with van der Waals surface area (Å²) in [6.07, 6.45) is 2.09. The Morgan fingerprint density at radius 3 is 2.67 bits per heavy atom. The molecular weight excluding hydrogens is 340 g/mol. The zero-order chi connectivity index (χ0) is 19.6. The molecule has 0 saturated carbocycles. The molecule has 0 aromatic carbocycles. The molecule has 27 heavy (non-hydrogen) atoms. The van der Waals surface area contributed by atoms with E-state index in [2.05, 4.69) is 49.9 Å². The molecule has 1 aliphatic heterocycles. The van der Waals surface area contributed by atoms with Crippen LogP contribution in [0.3, 0.4) is 0 Å². The number of aryl methyl sites for hydroxylation is 1. The topological polar surface area (TPSA) is 81.6 Å². The third-order valence-corrected chi connectivity index (χ3v) is 4.58. The molecule has 1 aromatic rings. The Kier molecular flexibility index (Phi) is 8.36. The molecule has 1 aromatic heterocycles. The van der Waals surface area contributed by atoms with E-state index >= 15 is 0 Å². The Bertz CT molecular complexity index is 623. The smallest absolute Gasteiger partial charge is 0.222 e. The molecule has 1 aliphatic rings. The summed E-state index contributed by atoms with van der Waals surface area (Å²) >= 11 is 0. The fraction of sp³-hybridized carbons (Fsp3) is 0.650. The summed E-state index contributed by atoms with van der Waals surface area (Å²) in [6.45, 7) is 11.8. The lowest BCUT2D eigenvalue weighted by Crippen LogP contribution is -2.49. The molecule has 150 valence electrons. The molecule has 1 fully saturated rings. The second-order valence-electron chi connectivity index (χ2n) is 7.25. The maximum atomic E-state index is 11.6. The molecule has 0 radical (unpaired) electrons. The van der Waals surface area contributed by atoms with Gasteiger partial charge < -0.3 is 20.9 Å². The number of rotatable bonds is 7. The van der Waals surface area contributed by atoms with Gasteiger partial charge in [0.25, 0.3) is 0 Å². The van der Waals surface area contributed by atoms with Crippen molar-refractivity contribution in [2.45, 2.75) is 46.6 Å². The van der Waals surface area contributed by atoms with Crippen LogP contribution in [-0.4, -0.2) is 55.6 Å². The van der Waals surface area contributed by atoms with E-state index < -0.39 is 0 Å². The molecule has 7 heteroatoms. The van der Waals surface area contributed by atoms with Gasteiger partial charge in [-0.3, -0.25) is 9.79 Å². The molecule has 7 nitrogen and oxygen atoms in total. The van der Waals surface area contributed by atoms with Crippen LogP contribution in [0, 0.1) is 12.8 Å². The van der Waals surface area contributed by atoms with Crippen LogP contribution in [0.15, 0.2) is 23.2 Å². The van der Waals surface area contributed by atoms with E-state index in [4.69, 9.17) is 0 Å². The van der Waals surface area contributed by atoms with Crippen LogP contribution in [0.5, 0.6) is 0 Å². The molecular formula is C20H34N6O. The highest BCUT2D eigenvalue weighted by Gasteiger charge is 2.20. The Balaban J connectivity index is 1.79. The van der Waals surface area contributed by atoms with Gasteiger partial charge in [-0.1, -0.05) is 19.9 Å². The van der Waals surface area contributed by atoms with Gasteiger partial charge in [0.1, 0.15) is 5.82 Å². The van der Waals surface area contributed by atoms with Crippen molar-refractivity contribution in [2.75, 3.05) is 37.6 Å². The van der Waals surface area contributed by atoms with E-state index in [1.165, 1.54) is 0 Å². The minimum atomic E-state index is 0.00779. The number of carbonyl (C=O) groups is 1. The van der Waals surface area contributed by atoms with Crippen LogP contribution < -0.4 is 20.9 Å². The number of aromatic nitrogens is 1. The van der Waals surface area contributed by atoms with E-state index in [0.717, 1.165) is 49.9 Å². The number of carbonyl (C=O) groups excluding carboxylic acids is 1. The van der Waals surface area contributed by atoms with Gasteiger partial charge in [-0.25, -0.2) is 4.98 Å². The van der Waals surface area contributed by atoms with Crippen molar-refractivity contribution in [1.82, 2.24) is 20.9 Å². The third-order valence-electron chi connectivity index (χ3n) is 4.58.